The normalized spacial score (nSPS) is 23.6. The molecule has 0 aromatic carbocycles. The van der Waals surface area contributed by atoms with Gasteiger partial charge in [-0.2, -0.15) is 0 Å². The topological polar surface area (TPSA) is 50.8 Å². The van der Waals surface area contributed by atoms with E-state index in [0.29, 0.717) is 10.7 Å². The van der Waals surface area contributed by atoms with Crippen LogP contribution in [-0.4, -0.2) is 48.4 Å². The number of nitrogens with zero attached hydrogens (tertiary/aromatic N) is 1. The highest BCUT2D eigenvalue weighted by Gasteiger charge is 2.28. The van der Waals surface area contributed by atoms with Crippen LogP contribution in [-0.2, 0) is 22.3 Å². The van der Waals surface area contributed by atoms with Crippen LogP contribution in [0.25, 0.3) is 0 Å². The molecule has 2 unspecified atom stereocenters. The van der Waals surface area contributed by atoms with Crippen LogP contribution in [0.5, 0.6) is 0 Å². The molecular formula is C18H26N2O3S2. The van der Waals surface area contributed by atoms with Gasteiger partial charge in [-0.15, -0.1) is 11.3 Å². The Balaban J connectivity index is 1.84. The number of carbonyl (C=O) groups excluding carboxylic acids is 1. The first-order chi connectivity index (χ1) is 12.0. The number of carbonyl (C=O) groups is 1. The van der Waals surface area contributed by atoms with Gasteiger partial charge >= 0.3 is 5.97 Å². The van der Waals surface area contributed by atoms with Gasteiger partial charge < -0.3 is 19.7 Å². The first-order valence-electron chi connectivity index (χ1n) is 8.93. The van der Waals surface area contributed by atoms with E-state index in [9.17, 15) is 4.79 Å². The van der Waals surface area contributed by atoms with E-state index in [-0.39, 0.29) is 18.2 Å². The van der Waals surface area contributed by atoms with Crippen molar-refractivity contribution in [1.82, 2.24) is 4.90 Å². The first-order valence-corrected chi connectivity index (χ1v) is 10.2. The molecule has 1 saturated heterocycles. The number of esters is 1. The smallest absolute Gasteiger partial charge is 0.341 e. The van der Waals surface area contributed by atoms with Gasteiger partial charge in [-0.1, -0.05) is 6.42 Å². The van der Waals surface area contributed by atoms with Gasteiger partial charge in [0.25, 0.3) is 0 Å². The molecule has 138 valence electrons. The number of nitrogens with one attached hydrogen (secondary N) is 1. The fourth-order valence-electron chi connectivity index (χ4n) is 3.67. The van der Waals surface area contributed by atoms with Gasteiger partial charge in [0.15, 0.2) is 5.11 Å². The van der Waals surface area contributed by atoms with E-state index in [1.165, 1.54) is 24.8 Å². The van der Waals surface area contributed by atoms with Gasteiger partial charge in [-0.25, -0.2) is 4.79 Å². The summed E-state index contributed by atoms with van der Waals surface area (Å²) in [6.45, 7) is 5.63. The number of fused-ring (bicyclic) bond motifs is 1. The van der Waals surface area contributed by atoms with E-state index in [0.717, 1.165) is 42.9 Å². The zero-order valence-electron chi connectivity index (χ0n) is 15.1. The molecule has 3 rings (SSSR count). The molecule has 1 aliphatic heterocycles. The summed E-state index contributed by atoms with van der Waals surface area (Å²) in [7, 11) is 1.44. The Morgan fingerprint density at radius 2 is 1.92 bits per heavy atom. The standard InChI is InChI=1S/C18H26N2O3S2/c1-11-9-20(10-12(2)23-11)18(24)19-16-15(17(21)22-3)13-7-5-4-6-8-14(13)25-16/h11-12H,4-10H2,1-3H3,(H,19,24). The summed E-state index contributed by atoms with van der Waals surface area (Å²) in [5.74, 6) is -0.270. The molecule has 0 radical (unpaired) electrons. The molecule has 2 aliphatic rings. The fourth-order valence-corrected chi connectivity index (χ4v) is 5.26. The number of hydrogen-bond donors (Lipinski definition) is 1. The third-order valence-electron chi connectivity index (χ3n) is 4.74. The van der Waals surface area contributed by atoms with Crippen molar-refractivity contribution in [2.24, 2.45) is 0 Å². The Hall–Kier alpha value is -1.18. The van der Waals surface area contributed by atoms with Crippen LogP contribution in [0.1, 0.15) is 53.9 Å². The average molecular weight is 383 g/mol. The quantitative estimate of drug-likeness (QED) is 0.479. The van der Waals surface area contributed by atoms with E-state index >= 15 is 0 Å². The number of thiophene rings is 1. The zero-order valence-corrected chi connectivity index (χ0v) is 16.7. The van der Waals surface area contributed by atoms with E-state index in [2.05, 4.69) is 24.1 Å². The van der Waals surface area contributed by atoms with Gasteiger partial charge in [0, 0.05) is 18.0 Å². The van der Waals surface area contributed by atoms with Crippen LogP contribution in [0.3, 0.4) is 0 Å². The van der Waals surface area contributed by atoms with Crippen LogP contribution < -0.4 is 5.32 Å². The number of rotatable bonds is 2. The Labute approximate surface area is 158 Å². The fraction of sp³-hybridized carbons (Fsp3) is 0.667. The second kappa shape index (κ2) is 8.01. The zero-order chi connectivity index (χ0) is 18.0. The molecule has 0 spiro atoms. The Morgan fingerprint density at radius 1 is 1.24 bits per heavy atom. The molecule has 2 atom stereocenters. The minimum Gasteiger partial charge on any atom is -0.465 e. The van der Waals surface area contributed by atoms with Crippen LogP contribution in [0.2, 0.25) is 0 Å². The van der Waals surface area contributed by atoms with Crippen molar-refractivity contribution >= 4 is 39.6 Å². The lowest BCUT2D eigenvalue weighted by molar-refractivity contribution is -0.0473. The summed E-state index contributed by atoms with van der Waals surface area (Å²) in [6.07, 6.45) is 5.77. The van der Waals surface area contributed by atoms with Crippen LogP contribution in [0.15, 0.2) is 0 Å². The highest BCUT2D eigenvalue weighted by molar-refractivity contribution is 7.80. The van der Waals surface area contributed by atoms with Gasteiger partial charge in [0.1, 0.15) is 5.00 Å². The average Bonchev–Trinajstić information content (AvgIpc) is 2.74. The third kappa shape index (κ3) is 4.15. The van der Waals surface area contributed by atoms with Crippen molar-refractivity contribution in [1.29, 1.82) is 0 Å². The largest absolute Gasteiger partial charge is 0.465 e. The number of aryl methyl sites for hydroxylation is 1. The molecule has 0 amide bonds. The summed E-state index contributed by atoms with van der Waals surface area (Å²) in [5, 5.41) is 4.82. The molecule has 2 heterocycles. The predicted molar refractivity (Wildman–Crippen MR) is 105 cm³/mol. The molecule has 1 aromatic heterocycles. The molecule has 7 heteroatoms. The number of ether oxygens (including phenoxy) is 2. The van der Waals surface area contributed by atoms with Crippen molar-refractivity contribution in [2.75, 3.05) is 25.5 Å². The molecule has 1 N–H and O–H groups in total. The maximum Gasteiger partial charge on any atom is 0.341 e. The van der Waals surface area contributed by atoms with Gasteiger partial charge in [-0.05, 0) is 57.3 Å². The lowest BCUT2D eigenvalue weighted by Crippen LogP contribution is -2.49. The molecule has 5 nitrogen and oxygen atoms in total. The second-order valence-electron chi connectivity index (χ2n) is 6.85. The highest BCUT2D eigenvalue weighted by Crippen LogP contribution is 2.38. The highest BCUT2D eigenvalue weighted by atomic mass is 32.1. The number of methoxy groups -OCH3 is 1. The summed E-state index contributed by atoms with van der Waals surface area (Å²) in [5.41, 5.74) is 1.84. The summed E-state index contributed by atoms with van der Waals surface area (Å²) < 4.78 is 10.8. The van der Waals surface area contributed by atoms with Crippen LogP contribution in [0, 0.1) is 0 Å². The number of morpholine rings is 1. The molecule has 0 bridgehead atoms. The van der Waals surface area contributed by atoms with Gasteiger partial charge in [-0.3, -0.25) is 0 Å². The monoisotopic (exact) mass is 382 g/mol. The van der Waals surface area contributed by atoms with E-state index in [1.807, 2.05) is 0 Å². The van der Waals surface area contributed by atoms with Crippen molar-refractivity contribution in [3.05, 3.63) is 16.0 Å². The van der Waals surface area contributed by atoms with E-state index in [1.54, 1.807) is 11.3 Å². The third-order valence-corrected chi connectivity index (χ3v) is 6.31. The molecule has 1 aromatic rings. The summed E-state index contributed by atoms with van der Waals surface area (Å²) in [4.78, 5) is 15.8. The minimum absolute atomic E-state index is 0.142. The number of anilines is 1. The molecular weight excluding hydrogens is 356 g/mol. The van der Waals surface area contributed by atoms with Crippen LogP contribution in [0.4, 0.5) is 5.00 Å². The van der Waals surface area contributed by atoms with Crippen molar-refractivity contribution < 1.29 is 14.3 Å². The van der Waals surface area contributed by atoms with Gasteiger partial charge in [0.05, 0.1) is 24.9 Å². The molecule has 0 saturated carbocycles. The van der Waals surface area contributed by atoms with E-state index < -0.39 is 0 Å². The molecule has 1 fully saturated rings. The Morgan fingerprint density at radius 3 is 2.60 bits per heavy atom. The number of hydrogen-bond acceptors (Lipinski definition) is 5. The minimum atomic E-state index is -0.270. The lowest BCUT2D eigenvalue weighted by Gasteiger charge is -2.36. The summed E-state index contributed by atoms with van der Waals surface area (Å²) >= 11 is 7.28. The Kier molecular flexibility index (Phi) is 5.96. The van der Waals surface area contributed by atoms with Crippen molar-refractivity contribution in [2.45, 2.75) is 58.2 Å². The molecule has 1 aliphatic carbocycles. The maximum atomic E-state index is 12.4. The summed E-state index contributed by atoms with van der Waals surface area (Å²) in [6, 6.07) is 0. The SMILES string of the molecule is COC(=O)c1c(NC(=S)N2CC(C)OC(C)C2)sc2c1CCCCC2. The van der Waals surface area contributed by atoms with Crippen LogP contribution >= 0.6 is 23.6 Å². The second-order valence-corrected chi connectivity index (χ2v) is 8.34. The van der Waals surface area contributed by atoms with E-state index in [4.69, 9.17) is 21.7 Å². The molecule has 25 heavy (non-hydrogen) atoms. The maximum absolute atomic E-state index is 12.4. The predicted octanol–water partition coefficient (Wildman–Crippen LogP) is 3.61. The van der Waals surface area contributed by atoms with Gasteiger partial charge in [0.2, 0.25) is 0 Å². The number of thiocarbonyl (C=S) groups is 1. The Bertz CT molecular complexity index is 649. The van der Waals surface area contributed by atoms with Crippen molar-refractivity contribution in [3.63, 3.8) is 0 Å². The first kappa shape index (κ1) is 18.6. The van der Waals surface area contributed by atoms with Crippen molar-refractivity contribution in [3.8, 4) is 0 Å². The lowest BCUT2D eigenvalue weighted by atomic mass is 10.1.